The Bertz CT molecular complexity index is 1340. The third kappa shape index (κ3) is 5.32. The van der Waals surface area contributed by atoms with Gasteiger partial charge in [-0.3, -0.25) is 9.59 Å². The van der Waals surface area contributed by atoms with Gasteiger partial charge in [0.05, 0.1) is 22.4 Å². The number of carbonyl (C=O) groups excluding carboxylic acids is 2. The van der Waals surface area contributed by atoms with Crippen LogP contribution in [0.25, 0.3) is 33.3 Å². The summed E-state index contributed by atoms with van der Waals surface area (Å²) >= 11 is 0. The van der Waals surface area contributed by atoms with E-state index in [1.165, 1.54) is 0 Å². The highest BCUT2D eigenvalue weighted by atomic mass is 16.1. The van der Waals surface area contributed by atoms with E-state index in [0.717, 1.165) is 31.4 Å². The molecule has 9 nitrogen and oxygen atoms in total. The van der Waals surface area contributed by atoms with Crippen LogP contribution >= 0.6 is 0 Å². The van der Waals surface area contributed by atoms with Gasteiger partial charge in [-0.1, -0.05) is 19.1 Å². The maximum absolute atomic E-state index is 12.6. The van der Waals surface area contributed by atoms with Crippen LogP contribution < -0.4 is 16.6 Å². The van der Waals surface area contributed by atoms with Crippen LogP contribution in [0.15, 0.2) is 47.3 Å². The zero-order valence-electron chi connectivity index (χ0n) is 19.5. The highest BCUT2D eigenvalue weighted by Gasteiger charge is 2.17. The number of nitrogens with zero attached hydrogens (tertiary/aromatic N) is 2. The lowest BCUT2D eigenvalue weighted by atomic mass is 10.1. The van der Waals surface area contributed by atoms with Crippen LogP contribution in [0, 0.1) is 0 Å². The first-order chi connectivity index (χ1) is 16.5. The molecule has 0 spiro atoms. The van der Waals surface area contributed by atoms with E-state index in [9.17, 15) is 9.59 Å². The maximum Gasteiger partial charge on any atom is 0.276 e. The van der Waals surface area contributed by atoms with Crippen molar-refractivity contribution in [2.24, 2.45) is 0 Å². The Morgan fingerprint density at radius 3 is 2.65 bits per heavy atom. The molecule has 0 radical (unpaired) electrons. The van der Waals surface area contributed by atoms with Crippen molar-refractivity contribution < 1.29 is 9.59 Å². The van der Waals surface area contributed by atoms with Crippen LogP contribution in [0.4, 0.5) is 5.69 Å². The normalized spacial score (nSPS) is 10.9. The molecule has 0 bridgehead atoms. The highest BCUT2D eigenvalue weighted by molar-refractivity contribution is 6.04. The molecule has 4 rings (SSSR count). The number of H-pyrrole nitrogens is 2. The summed E-state index contributed by atoms with van der Waals surface area (Å²) in [6, 6.07) is 12.6. The third-order valence-electron chi connectivity index (χ3n) is 5.54. The number of amides is 1. The van der Waals surface area contributed by atoms with E-state index < -0.39 is 0 Å². The molecule has 5 N–H and O–H groups in total. The lowest BCUT2D eigenvalue weighted by molar-refractivity contribution is -0.0980. The standard InChI is InChI=1S/C24H28N6O2.CH2O/c1-3-12-30(2)13-6-11-26-23(31)15-9-10-17-16(14-15)20(25)21(27-17)22-24(32)29-19-8-5-4-7-18(19)28-22;1-2/h4-5,7-10,14,27H,3,6,11-13,25H2,1-2H3,(H,26,31)(H,29,32);1H2. The van der Waals surface area contributed by atoms with Gasteiger partial charge in [-0.25, -0.2) is 4.98 Å². The molecule has 0 saturated carbocycles. The van der Waals surface area contributed by atoms with Crippen LogP contribution in [-0.4, -0.2) is 59.2 Å². The van der Waals surface area contributed by atoms with Crippen LogP contribution in [0.1, 0.15) is 30.1 Å². The van der Waals surface area contributed by atoms with Crippen molar-refractivity contribution in [3.63, 3.8) is 0 Å². The molecule has 0 atom stereocenters. The van der Waals surface area contributed by atoms with Gasteiger partial charge in [0.2, 0.25) is 0 Å². The fourth-order valence-electron chi connectivity index (χ4n) is 3.89. The summed E-state index contributed by atoms with van der Waals surface area (Å²) in [7, 11) is 2.08. The number of benzene rings is 2. The van der Waals surface area contributed by atoms with E-state index >= 15 is 0 Å². The molecule has 178 valence electrons. The summed E-state index contributed by atoms with van der Waals surface area (Å²) in [5.74, 6) is -0.145. The van der Waals surface area contributed by atoms with Gasteiger partial charge in [0.25, 0.3) is 11.5 Å². The quantitative estimate of drug-likeness (QED) is 0.297. The van der Waals surface area contributed by atoms with E-state index in [1.54, 1.807) is 24.3 Å². The minimum atomic E-state index is -0.326. The Labute approximate surface area is 197 Å². The first-order valence-corrected chi connectivity index (χ1v) is 11.1. The van der Waals surface area contributed by atoms with E-state index in [-0.39, 0.29) is 17.2 Å². The van der Waals surface area contributed by atoms with Crippen LogP contribution in [0.3, 0.4) is 0 Å². The van der Waals surface area contributed by atoms with Crippen molar-refractivity contribution in [1.82, 2.24) is 25.2 Å². The van der Waals surface area contributed by atoms with Crippen molar-refractivity contribution in [3.05, 3.63) is 58.4 Å². The van der Waals surface area contributed by atoms with Gasteiger partial charge in [-0.2, -0.15) is 0 Å². The number of para-hydroxylation sites is 2. The molecule has 0 aliphatic rings. The van der Waals surface area contributed by atoms with Gasteiger partial charge in [0.1, 0.15) is 6.79 Å². The zero-order valence-corrected chi connectivity index (χ0v) is 19.5. The van der Waals surface area contributed by atoms with E-state index in [0.29, 0.717) is 39.9 Å². The number of nitrogens with one attached hydrogen (secondary N) is 3. The molecule has 0 saturated heterocycles. The summed E-state index contributed by atoms with van der Waals surface area (Å²) in [5.41, 5.74) is 9.71. The summed E-state index contributed by atoms with van der Waals surface area (Å²) in [5, 5.41) is 3.65. The molecule has 0 unspecified atom stereocenters. The van der Waals surface area contributed by atoms with E-state index in [4.69, 9.17) is 10.5 Å². The van der Waals surface area contributed by atoms with Crippen molar-refractivity contribution in [3.8, 4) is 11.4 Å². The molecular weight excluding hydrogens is 432 g/mol. The number of carbonyl (C=O) groups is 2. The SMILES string of the molecule is C=O.CCCN(C)CCCNC(=O)c1ccc2[nH]c(-c3nc4ccccc4[nH]c3=O)c(N)c2c1. The number of anilines is 1. The summed E-state index contributed by atoms with van der Waals surface area (Å²) in [6.45, 7) is 6.75. The summed E-state index contributed by atoms with van der Waals surface area (Å²) in [6.07, 6.45) is 2.00. The molecular formula is C25H30N6O3. The molecule has 9 heteroatoms. The average Bonchev–Trinajstić information content (AvgIpc) is 3.18. The number of aromatic amines is 2. The van der Waals surface area contributed by atoms with Gasteiger partial charge >= 0.3 is 0 Å². The minimum Gasteiger partial charge on any atom is -0.396 e. The Balaban J connectivity index is 0.00000158. The van der Waals surface area contributed by atoms with Gasteiger partial charge < -0.3 is 30.7 Å². The first kappa shape index (κ1) is 24.7. The Morgan fingerprint density at radius 1 is 1.12 bits per heavy atom. The zero-order chi connectivity index (χ0) is 24.7. The van der Waals surface area contributed by atoms with Crippen molar-refractivity contribution in [1.29, 1.82) is 0 Å². The van der Waals surface area contributed by atoms with Crippen LogP contribution in [0.2, 0.25) is 0 Å². The van der Waals surface area contributed by atoms with Gasteiger partial charge in [-0.05, 0) is 63.3 Å². The van der Waals surface area contributed by atoms with Crippen molar-refractivity contribution in [2.75, 3.05) is 32.4 Å². The molecule has 2 heterocycles. The number of nitrogen functional groups attached to an aromatic ring is 1. The fourth-order valence-corrected chi connectivity index (χ4v) is 3.89. The molecule has 34 heavy (non-hydrogen) atoms. The van der Waals surface area contributed by atoms with Gasteiger partial charge in [0, 0.05) is 23.0 Å². The molecule has 4 aromatic rings. The monoisotopic (exact) mass is 462 g/mol. The molecule has 1 amide bonds. The van der Waals surface area contributed by atoms with Crippen LogP contribution in [-0.2, 0) is 4.79 Å². The second-order valence-corrected chi connectivity index (χ2v) is 8.02. The fraction of sp³-hybridized carbons (Fsp3) is 0.280. The average molecular weight is 463 g/mol. The molecule has 0 aliphatic carbocycles. The van der Waals surface area contributed by atoms with Gasteiger partial charge in [-0.15, -0.1) is 0 Å². The van der Waals surface area contributed by atoms with E-state index in [2.05, 4.69) is 39.1 Å². The predicted molar refractivity (Wildman–Crippen MR) is 136 cm³/mol. The van der Waals surface area contributed by atoms with Crippen LogP contribution in [0.5, 0.6) is 0 Å². The third-order valence-corrected chi connectivity index (χ3v) is 5.54. The van der Waals surface area contributed by atoms with Gasteiger partial charge in [0.15, 0.2) is 5.69 Å². The highest BCUT2D eigenvalue weighted by Crippen LogP contribution is 2.31. The largest absolute Gasteiger partial charge is 0.396 e. The molecule has 2 aromatic carbocycles. The Kier molecular flexibility index (Phi) is 8.15. The second kappa shape index (κ2) is 11.2. The molecule has 0 fully saturated rings. The maximum atomic E-state index is 12.6. The lowest BCUT2D eigenvalue weighted by Gasteiger charge is -2.15. The van der Waals surface area contributed by atoms with Crippen molar-refractivity contribution in [2.45, 2.75) is 19.8 Å². The van der Waals surface area contributed by atoms with Crippen molar-refractivity contribution >= 4 is 40.3 Å². The van der Waals surface area contributed by atoms with E-state index in [1.807, 2.05) is 25.0 Å². The number of hydrogen-bond acceptors (Lipinski definition) is 6. The number of nitrogens with two attached hydrogens (primary N) is 1. The number of rotatable bonds is 8. The smallest absolute Gasteiger partial charge is 0.276 e. The number of hydrogen-bond donors (Lipinski definition) is 4. The number of fused-ring (bicyclic) bond motifs is 2. The Hall–Kier alpha value is -3.98. The topological polar surface area (TPSA) is 137 Å². The molecule has 0 aliphatic heterocycles. The minimum absolute atomic E-state index is 0.145. The second-order valence-electron chi connectivity index (χ2n) is 8.02. The number of aromatic nitrogens is 3. The molecule has 2 aromatic heterocycles. The lowest BCUT2D eigenvalue weighted by Crippen LogP contribution is -2.28. The predicted octanol–water partition coefficient (Wildman–Crippen LogP) is 2.93. The Morgan fingerprint density at radius 2 is 1.88 bits per heavy atom. The summed E-state index contributed by atoms with van der Waals surface area (Å²) < 4.78 is 0. The summed E-state index contributed by atoms with van der Waals surface area (Å²) in [4.78, 5) is 46.0. The first-order valence-electron chi connectivity index (χ1n) is 11.1.